The van der Waals surface area contributed by atoms with Crippen molar-refractivity contribution >= 4 is 5.91 Å². The van der Waals surface area contributed by atoms with Gasteiger partial charge in [0.15, 0.2) is 0 Å². The predicted molar refractivity (Wildman–Crippen MR) is 82.1 cm³/mol. The molecule has 1 N–H and O–H groups in total. The normalized spacial score (nSPS) is 12.0. The van der Waals surface area contributed by atoms with Crippen LogP contribution in [0.4, 0.5) is 4.39 Å². The van der Waals surface area contributed by atoms with Gasteiger partial charge in [0.25, 0.3) is 0 Å². The summed E-state index contributed by atoms with van der Waals surface area (Å²) in [6.45, 7) is 0.333. The molecule has 2 aromatic heterocycles. The molecule has 2 heterocycles. The van der Waals surface area contributed by atoms with Crippen LogP contribution in [0.15, 0.2) is 69.9 Å². The molecule has 3 rings (SSSR count). The van der Waals surface area contributed by atoms with E-state index in [1.54, 1.807) is 42.9 Å². The zero-order valence-corrected chi connectivity index (χ0v) is 12.4. The molecule has 23 heavy (non-hydrogen) atoms. The highest BCUT2D eigenvalue weighted by Gasteiger charge is 2.20. The van der Waals surface area contributed by atoms with E-state index >= 15 is 0 Å². The second-order valence-electron chi connectivity index (χ2n) is 5.18. The minimum absolute atomic E-state index is 0.132. The number of carbonyl (C=O) groups is 1. The van der Waals surface area contributed by atoms with Crippen LogP contribution in [-0.2, 0) is 11.3 Å². The first kappa shape index (κ1) is 15.1. The standard InChI is InChI=1S/C18H16FNO3/c19-14-7-5-13(6-8-14)16(17-4-2-10-23-17)11-18(21)20-12-15-3-1-9-22-15/h1-10,16H,11-12H2,(H,20,21)/t16-/m1/s1. The smallest absolute Gasteiger partial charge is 0.221 e. The molecule has 4 nitrogen and oxygen atoms in total. The van der Waals surface area contributed by atoms with Crippen LogP contribution in [0.2, 0.25) is 0 Å². The summed E-state index contributed by atoms with van der Waals surface area (Å²) < 4.78 is 23.7. The molecule has 0 aliphatic carbocycles. The van der Waals surface area contributed by atoms with Crippen LogP contribution < -0.4 is 5.32 Å². The summed E-state index contributed by atoms with van der Waals surface area (Å²) in [7, 11) is 0. The quantitative estimate of drug-likeness (QED) is 0.752. The maximum absolute atomic E-state index is 13.1. The fraction of sp³-hybridized carbons (Fsp3) is 0.167. The Hall–Kier alpha value is -2.82. The Bertz CT molecular complexity index is 733. The molecular weight excluding hydrogens is 297 g/mol. The number of nitrogens with one attached hydrogen (secondary N) is 1. The molecule has 0 bridgehead atoms. The van der Waals surface area contributed by atoms with Crippen LogP contribution in [0.1, 0.15) is 29.4 Å². The second-order valence-corrected chi connectivity index (χ2v) is 5.18. The van der Waals surface area contributed by atoms with E-state index in [1.165, 1.54) is 12.1 Å². The van der Waals surface area contributed by atoms with E-state index in [9.17, 15) is 9.18 Å². The molecule has 0 saturated heterocycles. The van der Waals surface area contributed by atoms with Gasteiger partial charge in [-0.2, -0.15) is 0 Å². The topological polar surface area (TPSA) is 55.4 Å². The molecule has 0 spiro atoms. The van der Waals surface area contributed by atoms with E-state index in [-0.39, 0.29) is 24.1 Å². The van der Waals surface area contributed by atoms with E-state index in [1.807, 2.05) is 6.07 Å². The van der Waals surface area contributed by atoms with E-state index in [0.29, 0.717) is 18.1 Å². The lowest BCUT2D eigenvalue weighted by molar-refractivity contribution is -0.121. The van der Waals surface area contributed by atoms with Gasteiger partial charge in [-0.15, -0.1) is 0 Å². The first-order chi connectivity index (χ1) is 11.2. The number of halogens is 1. The van der Waals surface area contributed by atoms with Crippen molar-refractivity contribution in [3.63, 3.8) is 0 Å². The molecule has 1 amide bonds. The third-order valence-corrected chi connectivity index (χ3v) is 3.59. The Morgan fingerprint density at radius 3 is 2.43 bits per heavy atom. The molecule has 0 saturated carbocycles. The van der Waals surface area contributed by atoms with Crippen molar-refractivity contribution in [2.75, 3.05) is 0 Å². The van der Waals surface area contributed by atoms with Crippen LogP contribution >= 0.6 is 0 Å². The molecule has 0 fully saturated rings. The number of benzene rings is 1. The molecule has 0 radical (unpaired) electrons. The van der Waals surface area contributed by atoms with Crippen LogP contribution in [-0.4, -0.2) is 5.91 Å². The fourth-order valence-electron chi connectivity index (χ4n) is 2.42. The van der Waals surface area contributed by atoms with Gasteiger partial charge in [-0.25, -0.2) is 4.39 Å². The van der Waals surface area contributed by atoms with Crippen molar-refractivity contribution in [1.29, 1.82) is 0 Å². The first-order valence-corrected chi connectivity index (χ1v) is 7.30. The summed E-state index contributed by atoms with van der Waals surface area (Å²) in [5.41, 5.74) is 0.828. The molecule has 5 heteroatoms. The highest BCUT2D eigenvalue weighted by atomic mass is 19.1. The molecule has 0 unspecified atom stereocenters. The SMILES string of the molecule is O=C(C[C@H](c1ccc(F)cc1)c1ccco1)NCc1ccco1. The minimum atomic E-state index is -0.311. The lowest BCUT2D eigenvalue weighted by Gasteiger charge is -2.15. The second kappa shape index (κ2) is 6.96. The Balaban J connectivity index is 1.71. The average Bonchev–Trinajstić information content (AvgIpc) is 3.25. The van der Waals surface area contributed by atoms with Crippen molar-refractivity contribution in [2.45, 2.75) is 18.9 Å². The first-order valence-electron chi connectivity index (χ1n) is 7.30. The Labute approximate surface area is 132 Å². The van der Waals surface area contributed by atoms with Crippen LogP contribution in [0.3, 0.4) is 0 Å². The maximum atomic E-state index is 13.1. The van der Waals surface area contributed by atoms with Crippen molar-refractivity contribution < 1.29 is 18.0 Å². The molecular formula is C18H16FNO3. The van der Waals surface area contributed by atoms with Gasteiger partial charge in [0.1, 0.15) is 17.3 Å². The highest BCUT2D eigenvalue weighted by molar-refractivity contribution is 5.77. The summed E-state index contributed by atoms with van der Waals surface area (Å²) in [6.07, 6.45) is 3.33. The van der Waals surface area contributed by atoms with Crippen molar-refractivity contribution in [3.8, 4) is 0 Å². The maximum Gasteiger partial charge on any atom is 0.221 e. The molecule has 1 atom stereocenters. The Morgan fingerprint density at radius 1 is 1.04 bits per heavy atom. The molecule has 0 aliphatic heterocycles. The van der Waals surface area contributed by atoms with Gasteiger partial charge in [-0.3, -0.25) is 4.79 Å². The zero-order chi connectivity index (χ0) is 16.1. The largest absolute Gasteiger partial charge is 0.469 e. The number of furan rings is 2. The van der Waals surface area contributed by atoms with Crippen molar-refractivity contribution in [1.82, 2.24) is 5.32 Å². The highest BCUT2D eigenvalue weighted by Crippen LogP contribution is 2.28. The van der Waals surface area contributed by atoms with Crippen LogP contribution in [0.25, 0.3) is 0 Å². The summed E-state index contributed by atoms with van der Waals surface area (Å²) >= 11 is 0. The minimum Gasteiger partial charge on any atom is -0.469 e. The van der Waals surface area contributed by atoms with E-state index in [4.69, 9.17) is 8.83 Å². The summed E-state index contributed by atoms with van der Waals surface area (Å²) in [6, 6.07) is 13.2. The zero-order valence-electron chi connectivity index (χ0n) is 12.4. The molecule has 3 aromatic rings. The number of hydrogen-bond acceptors (Lipinski definition) is 3. The van der Waals surface area contributed by atoms with Gasteiger partial charge in [0.2, 0.25) is 5.91 Å². The summed E-state index contributed by atoms with van der Waals surface area (Å²) in [5, 5.41) is 2.81. The van der Waals surface area contributed by atoms with Gasteiger partial charge < -0.3 is 14.2 Å². The van der Waals surface area contributed by atoms with Gasteiger partial charge in [0.05, 0.1) is 25.0 Å². The number of hydrogen-bond donors (Lipinski definition) is 1. The van der Waals surface area contributed by atoms with Gasteiger partial charge >= 0.3 is 0 Å². The number of amides is 1. The van der Waals surface area contributed by atoms with Crippen molar-refractivity contribution in [3.05, 3.63) is 84.0 Å². The third kappa shape index (κ3) is 3.88. The summed E-state index contributed by atoms with van der Waals surface area (Å²) in [5.74, 6) is 0.656. The van der Waals surface area contributed by atoms with Gasteiger partial charge in [0, 0.05) is 6.42 Å². The Morgan fingerprint density at radius 2 is 1.78 bits per heavy atom. The summed E-state index contributed by atoms with van der Waals surface area (Å²) in [4.78, 5) is 12.2. The van der Waals surface area contributed by atoms with E-state index < -0.39 is 0 Å². The third-order valence-electron chi connectivity index (χ3n) is 3.59. The molecule has 1 aromatic carbocycles. The predicted octanol–water partition coefficient (Wildman–Crippen LogP) is 3.85. The molecule has 118 valence electrons. The number of rotatable bonds is 6. The van der Waals surface area contributed by atoms with Gasteiger partial charge in [-0.05, 0) is 42.0 Å². The monoisotopic (exact) mass is 313 g/mol. The lowest BCUT2D eigenvalue weighted by Crippen LogP contribution is -2.24. The van der Waals surface area contributed by atoms with E-state index in [2.05, 4.69) is 5.32 Å². The van der Waals surface area contributed by atoms with Crippen LogP contribution in [0, 0.1) is 5.82 Å². The van der Waals surface area contributed by atoms with E-state index in [0.717, 1.165) is 5.56 Å². The number of carbonyl (C=O) groups excluding carboxylic acids is 1. The van der Waals surface area contributed by atoms with Crippen LogP contribution in [0.5, 0.6) is 0 Å². The fourth-order valence-corrected chi connectivity index (χ4v) is 2.42. The molecule has 0 aliphatic rings. The lowest BCUT2D eigenvalue weighted by atomic mass is 9.93. The average molecular weight is 313 g/mol. The Kier molecular flexibility index (Phi) is 4.57. The van der Waals surface area contributed by atoms with Crippen molar-refractivity contribution in [2.24, 2.45) is 0 Å². The van der Waals surface area contributed by atoms with Gasteiger partial charge in [-0.1, -0.05) is 12.1 Å².